The second kappa shape index (κ2) is 10.0. The van der Waals surface area contributed by atoms with Crippen molar-refractivity contribution in [2.75, 3.05) is 32.8 Å². The molecule has 1 aliphatic heterocycles. The SMILES string of the molecule is CCOC(=O)N1CCN(C(C)(C)CCC(C)(CCC(C)(C)C2CC2)C2CCCC2)CC1. The molecule has 4 nitrogen and oxygen atoms in total. The minimum Gasteiger partial charge on any atom is -0.450 e. The fourth-order valence-electron chi connectivity index (χ4n) is 6.29. The van der Waals surface area contributed by atoms with Crippen LogP contribution in [0.1, 0.15) is 106 Å². The van der Waals surface area contributed by atoms with E-state index >= 15 is 0 Å². The van der Waals surface area contributed by atoms with Crippen LogP contribution in [0, 0.1) is 22.7 Å². The van der Waals surface area contributed by atoms with Crippen molar-refractivity contribution < 1.29 is 9.53 Å². The topological polar surface area (TPSA) is 32.8 Å². The molecular weight excluding hydrogens is 384 g/mol. The zero-order valence-corrected chi connectivity index (χ0v) is 21.5. The highest BCUT2D eigenvalue weighted by Crippen LogP contribution is 2.53. The van der Waals surface area contributed by atoms with Crippen molar-refractivity contribution in [3.8, 4) is 0 Å². The van der Waals surface area contributed by atoms with Crippen molar-refractivity contribution >= 4 is 6.09 Å². The third kappa shape index (κ3) is 6.39. The quantitative estimate of drug-likeness (QED) is 0.382. The van der Waals surface area contributed by atoms with Crippen LogP contribution in [0.4, 0.5) is 4.79 Å². The summed E-state index contributed by atoms with van der Waals surface area (Å²) in [5.41, 5.74) is 1.19. The largest absolute Gasteiger partial charge is 0.450 e. The fourth-order valence-corrected chi connectivity index (χ4v) is 6.29. The molecule has 1 heterocycles. The lowest BCUT2D eigenvalue weighted by molar-refractivity contribution is 0.0241. The molecule has 0 N–H and O–H groups in total. The van der Waals surface area contributed by atoms with Crippen LogP contribution in [0.5, 0.6) is 0 Å². The summed E-state index contributed by atoms with van der Waals surface area (Å²) in [7, 11) is 0. The first-order valence-corrected chi connectivity index (χ1v) is 13.2. The number of amides is 1. The zero-order chi connectivity index (χ0) is 22.7. The van der Waals surface area contributed by atoms with Gasteiger partial charge in [-0.15, -0.1) is 0 Å². The normalized spacial score (nSPS) is 23.7. The number of rotatable bonds is 10. The van der Waals surface area contributed by atoms with E-state index in [-0.39, 0.29) is 11.6 Å². The van der Waals surface area contributed by atoms with E-state index in [1.165, 1.54) is 64.2 Å². The highest BCUT2D eigenvalue weighted by atomic mass is 16.6. The monoisotopic (exact) mass is 434 g/mol. The van der Waals surface area contributed by atoms with Gasteiger partial charge < -0.3 is 9.64 Å². The van der Waals surface area contributed by atoms with Gasteiger partial charge >= 0.3 is 6.09 Å². The number of ether oxygens (including phenoxy) is 1. The van der Waals surface area contributed by atoms with E-state index in [9.17, 15) is 4.79 Å². The summed E-state index contributed by atoms with van der Waals surface area (Å²) in [6.45, 7) is 18.4. The highest BCUT2D eigenvalue weighted by molar-refractivity contribution is 5.67. The molecule has 3 rings (SSSR count). The van der Waals surface area contributed by atoms with Crippen molar-refractivity contribution in [2.24, 2.45) is 22.7 Å². The molecule has 31 heavy (non-hydrogen) atoms. The minimum atomic E-state index is -0.146. The van der Waals surface area contributed by atoms with E-state index in [1.807, 2.05) is 11.8 Å². The molecule has 4 heteroatoms. The average Bonchev–Trinajstić information content (AvgIpc) is 3.47. The Morgan fingerprint density at radius 1 is 0.806 bits per heavy atom. The molecular formula is C27H50N2O2. The Kier molecular flexibility index (Phi) is 8.03. The van der Waals surface area contributed by atoms with Crippen LogP contribution in [0.15, 0.2) is 0 Å². The lowest BCUT2D eigenvalue weighted by atomic mass is 9.65. The number of hydrogen-bond acceptors (Lipinski definition) is 3. The van der Waals surface area contributed by atoms with E-state index in [2.05, 4.69) is 39.5 Å². The molecule has 0 aromatic carbocycles. The van der Waals surface area contributed by atoms with Crippen molar-refractivity contribution in [3.63, 3.8) is 0 Å². The Balaban J connectivity index is 1.56. The Morgan fingerprint density at radius 2 is 1.39 bits per heavy atom. The summed E-state index contributed by atoms with van der Waals surface area (Å²) in [5.74, 6) is 1.89. The van der Waals surface area contributed by atoms with E-state index in [1.54, 1.807) is 0 Å². The van der Waals surface area contributed by atoms with Crippen LogP contribution in [0.2, 0.25) is 0 Å². The lowest BCUT2D eigenvalue weighted by Crippen LogP contribution is -2.56. The molecule has 3 aliphatic rings. The van der Waals surface area contributed by atoms with Gasteiger partial charge in [0.1, 0.15) is 0 Å². The van der Waals surface area contributed by atoms with Crippen LogP contribution < -0.4 is 0 Å². The van der Waals surface area contributed by atoms with Gasteiger partial charge in [-0.1, -0.05) is 33.6 Å². The molecule has 0 aromatic heterocycles. The van der Waals surface area contributed by atoms with E-state index in [0.717, 1.165) is 38.0 Å². The van der Waals surface area contributed by atoms with Crippen LogP contribution in [0.25, 0.3) is 0 Å². The summed E-state index contributed by atoms with van der Waals surface area (Å²) >= 11 is 0. The Labute approximate surface area is 192 Å². The van der Waals surface area contributed by atoms with Gasteiger partial charge in [0.15, 0.2) is 0 Å². The van der Waals surface area contributed by atoms with E-state index < -0.39 is 0 Å². The second-order valence-electron chi connectivity index (χ2n) is 12.4. The number of hydrogen-bond donors (Lipinski definition) is 0. The van der Waals surface area contributed by atoms with Crippen molar-refractivity contribution in [1.82, 2.24) is 9.80 Å². The molecule has 0 bridgehead atoms. The zero-order valence-electron chi connectivity index (χ0n) is 21.5. The molecule has 1 unspecified atom stereocenters. The molecule has 0 spiro atoms. The predicted octanol–water partition coefficient (Wildman–Crippen LogP) is 6.73. The van der Waals surface area contributed by atoms with Crippen molar-refractivity contribution in [2.45, 2.75) is 111 Å². The lowest BCUT2D eigenvalue weighted by Gasteiger charge is -2.46. The number of carbonyl (C=O) groups is 1. The molecule has 2 saturated carbocycles. The smallest absolute Gasteiger partial charge is 0.409 e. The molecule has 0 aromatic rings. The number of carbonyl (C=O) groups excluding carboxylic acids is 1. The average molecular weight is 435 g/mol. The molecule has 2 aliphatic carbocycles. The summed E-state index contributed by atoms with van der Waals surface area (Å²) in [4.78, 5) is 16.5. The fraction of sp³-hybridized carbons (Fsp3) is 0.963. The van der Waals surface area contributed by atoms with E-state index in [0.29, 0.717) is 17.4 Å². The van der Waals surface area contributed by atoms with Gasteiger partial charge in [-0.2, -0.15) is 0 Å². The number of nitrogens with zero attached hydrogens (tertiary/aromatic N) is 2. The maximum absolute atomic E-state index is 12.0. The standard InChI is InChI=1S/C27H50N2O2/c1-7-31-24(30)28-18-20-29(21-19-28)26(4,5)15-17-27(6,23-10-8-9-11-23)16-14-25(2,3)22-12-13-22/h22-23H,7-21H2,1-6H3. The maximum atomic E-state index is 12.0. The molecule has 3 fully saturated rings. The Hall–Kier alpha value is -0.770. The third-order valence-corrected chi connectivity index (χ3v) is 9.33. The number of piperazine rings is 1. The van der Waals surface area contributed by atoms with Gasteiger partial charge in [-0.25, -0.2) is 4.79 Å². The first-order chi connectivity index (χ1) is 14.6. The molecule has 180 valence electrons. The van der Waals surface area contributed by atoms with Gasteiger partial charge in [0.2, 0.25) is 0 Å². The summed E-state index contributed by atoms with van der Waals surface area (Å²) < 4.78 is 5.20. The van der Waals surface area contributed by atoms with Gasteiger partial charge in [0.25, 0.3) is 0 Å². The first-order valence-electron chi connectivity index (χ1n) is 13.2. The minimum absolute atomic E-state index is 0.146. The van der Waals surface area contributed by atoms with Crippen LogP contribution in [0.3, 0.4) is 0 Å². The van der Waals surface area contributed by atoms with Gasteiger partial charge in [0.05, 0.1) is 6.61 Å². The molecule has 1 saturated heterocycles. The summed E-state index contributed by atoms with van der Waals surface area (Å²) in [5, 5.41) is 0. The Bertz CT molecular complexity index is 584. The van der Waals surface area contributed by atoms with Crippen LogP contribution in [-0.2, 0) is 4.74 Å². The van der Waals surface area contributed by atoms with Gasteiger partial charge in [-0.05, 0) is 94.8 Å². The first kappa shape index (κ1) is 24.9. The summed E-state index contributed by atoms with van der Waals surface area (Å²) in [6.07, 6.45) is 13.9. The third-order valence-electron chi connectivity index (χ3n) is 9.33. The molecule has 0 radical (unpaired) electrons. The maximum Gasteiger partial charge on any atom is 0.409 e. The summed E-state index contributed by atoms with van der Waals surface area (Å²) in [6, 6.07) is 0. The van der Waals surface area contributed by atoms with E-state index in [4.69, 9.17) is 4.74 Å². The highest BCUT2D eigenvalue weighted by Gasteiger charge is 2.42. The van der Waals surface area contributed by atoms with Crippen molar-refractivity contribution in [3.05, 3.63) is 0 Å². The molecule has 1 amide bonds. The van der Waals surface area contributed by atoms with Gasteiger partial charge in [0, 0.05) is 31.7 Å². The van der Waals surface area contributed by atoms with Gasteiger partial charge in [-0.3, -0.25) is 4.90 Å². The predicted molar refractivity (Wildman–Crippen MR) is 129 cm³/mol. The second-order valence-corrected chi connectivity index (χ2v) is 12.4. The molecule has 1 atom stereocenters. The Morgan fingerprint density at radius 3 is 1.94 bits per heavy atom. The van der Waals surface area contributed by atoms with Crippen LogP contribution in [-0.4, -0.2) is 54.2 Å². The van der Waals surface area contributed by atoms with Crippen LogP contribution >= 0.6 is 0 Å². The van der Waals surface area contributed by atoms with Crippen molar-refractivity contribution in [1.29, 1.82) is 0 Å².